The predicted molar refractivity (Wildman–Crippen MR) is 58.0 cm³/mol. The Kier molecular flexibility index (Phi) is 3.99. The number of rotatable bonds is 4. The van der Waals surface area contributed by atoms with Gasteiger partial charge in [0.05, 0.1) is 6.42 Å². The summed E-state index contributed by atoms with van der Waals surface area (Å²) in [6.45, 7) is 1.58. The van der Waals surface area contributed by atoms with Crippen molar-refractivity contribution in [1.29, 1.82) is 0 Å². The molecule has 1 N–H and O–H groups in total. The zero-order chi connectivity index (χ0) is 12.1. The fourth-order valence-electron chi connectivity index (χ4n) is 1.20. The number of carboxylic acids is 1. The van der Waals surface area contributed by atoms with Crippen LogP contribution >= 0.6 is 0 Å². The third-order valence-corrected chi connectivity index (χ3v) is 2.13. The third-order valence-electron chi connectivity index (χ3n) is 2.13. The van der Waals surface area contributed by atoms with Crippen molar-refractivity contribution in [2.45, 2.75) is 13.3 Å². The summed E-state index contributed by atoms with van der Waals surface area (Å²) in [6, 6.07) is 3.63. The maximum Gasteiger partial charge on any atom is 0.323 e. The van der Waals surface area contributed by atoms with E-state index >= 15 is 0 Å². The lowest BCUT2D eigenvalue weighted by Gasteiger charge is -2.14. The summed E-state index contributed by atoms with van der Waals surface area (Å²) < 4.78 is 0. The molecule has 1 rings (SSSR count). The normalized spacial score (nSPS) is 9.88. The van der Waals surface area contributed by atoms with E-state index < -0.39 is 5.97 Å². The van der Waals surface area contributed by atoms with Crippen molar-refractivity contribution in [3.05, 3.63) is 29.6 Å². The highest BCUT2D eigenvalue weighted by Gasteiger charge is 2.12. The molecule has 0 aromatic carbocycles. The van der Waals surface area contributed by atoms with Gasteiger partial charge in [0.15, 0.2) is 0 Å². The predicted octanol–water partition coefficient (Wildman–Crippen LogP) is 0.476. The fourth-order valence-corrected chi connectivity index (χ4v) is 1.20. The van der Waals surface area contributed by atoms with Crippen LogP contribution in [0.2, 0.25) is 0 Å². The Bertz CT molecular complexity index is 387. The number of amides is 1. The molecule has 0 saturated carbocycles. The number of aromatic nitrogens is 1. The van der Waals surface area contributed by atoms with Gasteiger partial charge >= 0.3 is 5.97 Å². The van der Waals surface area contributed by atoms with Crippen LogP contribution in [0, 0.1) is 6.92 Å². The van der Waals surface area contributed by atoms with Crippen molar-refractivity contribution >= 4 is 11.9 Å². The molecule has 0 saturated heterocycles. The zero-order valence-corrected chi connectivity index (χ0v) is 9.30. The monoisotopic (exact) mass is 222 g/mol. The minimum Gasteiger partial charge on any atom is -0.480 e. The van der Waals surface area contributed by atoms with E-state index in [-0.39, 0.29) is 18.9 Å². The second-order valence-electron chi connectivity index (χ2n) is 3.63. The second kappa shape index (κ2) is 5.25. The largest absolute Gasteiger partial charge is 0.480 e. The molecule has 0 aliphatic rings. The minimum absolute atomic E-state index is 0.178. The molecule has 0 fully saturated rings. The number of likely N-dealkylation sites (N-methyl/N-ethyl adjacent to an activating group) is 1. The molecule has 1 heterocycles. The molecule has 5 nitrogen and oxygen atoms in total. The Hall–Kier alpha value is -1.91. The van der Waals surface area contributed by atoms with E-state index in [2.05, 4.69) is 4.98 Å². The number of hydrogen-bond acceptors (Lipinski definition) is 3. The molecule has 0 bridgehead atoms. The quantitative estimate of drug-likeness (QED) is 0.804. The molecular weight excluding hydrogens is 208 g/mol. The van der Waals surface area contributed by atoms with Gasteiger partial charge in [-0.2, -0.15) is 0 Å². The Labute approximate surface area is 93.7 Å². The smallest absolute Gasteiger partial charge is 0.323 e. The molecule has 0 unspecified atom stereocenters. The van der Waals surface area contributed by atoms with E-state index in [4.69, 9.17) is 5.11 Å². The van der Waals surface area contributed by atoms with Crippen molar-refractivity contribution in [2.75, 3.05) is 13.6 Å². The number of hydrogen-bond donors (Lipinski definition) is 1. The highest BCUT2D eigenvalue weighted by Crippen LogP contribution is 2.02. The molecule has 1 aromatic rings. The fraction of sp³-hybridized carbons (Fsp3) is 0.364. The van der Waals surface area contributed by atoms with E-state index in [1.165, 1.54) is 11.9 Å². The summed E-state index contributed by atoms with van der Waals surface area (Å²) in [4.78, 5) is 27.2. The van der Waals surface area contributed by atoms with Crippen LogP contribution in [0.15, 0.2) is 18.3 Å². The van der Waals surface area contributed by atoms with Gasteiger partial charge in [-0.15, -0.1) is 0 Å². The van der Waals surface area contributed by atoms with Gasteiger partial charge in [-0.1, -0.05) is 6.07 Å². The highest BCUT2D eigenvalue weighted by atomic mass is 16.4. The van der Waals surface area contributed by atoms with Crippen molar-refractivity contribution in [2.24, 2.45) is 0 Å². The van der Waals surface area contributed by atoms with E-state index in [1.54, 1.807) is 6.20 Å². The Morgan fingerprint density at radius 3 is 2.62 bits per heavy atom. The van der Waals surface area contributed by atoms with Gasteiger partial charge in [0.1, 0.15) is 6.54 Å². The molecule has 0 aliphatic carbocycles. The van der Waals surface area contributed by atoms with Crippen LogP contribution in [0.25, 0.3) is 0 Å². The van der Waals surface area contributed by atoms with Crippen molar-refractivity contribution in [3.63, 3.8) is 0 Å². The van der Waals surface area contributed by atoms with E-state index in [0.717, 1.165) is 11.3 Å². The molecular formula is C11H14N2O3. The number of carbonyl (C=O) groups is 2. The lowest BCUT2D eigenvalue weighted by Crippen LogP contribution is -2.33. The molecule has 86 valence electrons. The second-order valence-corrected chi connectivity index (χ2v) is 3.63. The van der Waals surface area contributed by atoms with Gasteiger partial charge in [0.2, 0.25) is 5.91 Å². The number of pyridine rings is 1. The summed E-state index contributed by atoms with van der Waals surface area (Å²) in [7, 11) is 1.47. The van der Waals surface area contributed by atoms with Crippen LogP contribution in [-0.2, 0) is 16.0 Å². The van der Waals surface area contributed by atoms with Crippen LogP contribution in [0.3, 0.4) is 0 Å². The van der Waals surface area contributed by atoms with Gasteiger partial charge in [-0.3, -0.25) is 14.6 Å². The number of nitrogens with zero attached hydrogens (tertiary/aromatic N) is 2. The summed E-state index contributed by atoms with van der Waals surface area (Å²) in [5, 5.41) is 8.53. The number of carboxylic acid groups (broad SMARTS) is 1. The van der Waals surface area contributed by atoms with Gasteiger partial charge in [-0.25, -0.2) is 0 Å². The average molecular weight is 222 g/mol. The molecule has 0 spiro atoms. The van der Waals surface area contributed by atoms with Crippen molar-refractivity contribution in [3.8, 4) is 0 Å². The van der Waals surface area contributed by atoms with Crippen LogP contribution < -0.4 is 0 Å². The van der Waals surface area contributed by atoms with Crippen LogP contribution in [0.1, 0.15) is 11.3 Å². The van der Waals surface area contributed by atoms with Gasteiger partial charge < -0.3 is 10.0 Å². The van der Waals surface area contributed by atoms with E-state index in [9.17, 15) is 9.59 Å². The Balaban J connectivity index is 2.57. The Morgan fingerprint density at radius 2 is 2.12 bits per heavy atom. The maximum atomic E-state index is 11.6. The number of carbonyl (C=O) groups excluding carboxylic acids is 1. The SMILES string of the molecule is Cc1ccc(CC(=O)N(C)CC(=O)O)cn1. The first-order valence-corrected chi connectivity index (χ1v) is 4.86. The number of aliphatic carboxylic acids is 1. The van der Waals surface area contributed by atoms with Crippen LogP contribution in [0.4, 0.5) is 0 Å². The summed E-state index contributed by atoms with van der Waals surface area (Å²) in [5.41, 5.74) is 1.67. The minimum atomic E-state index is -1.02. The topological polar surface area (TPSA) is 70.5 Å². The molecule has 0 aliphatic heterocycles. The van der Waals surface area contributed by atoms with Gasteiger partial charge in [-0.05, 0) is 18.6 Å². The third kappa shape index (κ3) is 3.68. The summed E-state index contributed by atoms with van der Waals surface area (Å²) >= 11 is 0. The molecule has 1 amide bonds. The van der Waals surface area contributed by atoms with E-state index in [1.807, 2.05) is 19.1 Å². The lowest BCUT2D eigenvalue weighted by molar-refractivity contribution is -0.143. The average Bonchev–Trinajstić information content (AvgIpc) is 2.20. The standard InChI is InChI=1S/C11H14N2O3/c1-8-3-4-9(6-12-8)5-10(14)13(2)7-11(15)16/h3-4,6H,5,7H2,1-2H3,(H,15,16). The first-order valence-electron chi connectivity index (χ1n) is 4.86. The lowest BCUT2D eigenvalue weighted by atomic mass is 10.2. The molecule has 16 heavy (non-hydrogen) atoms. The molecule has 0 radical (unpaired) electrons. The Morgan fingerprint density at radius 1 is 1.44 bits per heavy atom. The summed E-state index contributed by atoms with van der Waals surface area (Å²) in [6.07, 6.45) is 1.80. The van der Waals surface area contributed by atoms with E-state index in [0.29, 0.717) is 0 Å². The van der Waals surface area contributed by atoms with Crippen LogP contribution in [-0.4, -0.2) is 40.5 Å². The van der Waals surface area contributed by atoms with Gasteiger partial charge in [0, 0.05) is 18.9 Å². The first-order chi connectivity index (χ1) is 7.49. The van der Waals surface area contributed by atoms with Gasteiger partial charge in [0.25, 0.3) is 0 Å². The zero-order valence-electron chi connectivity index (χ0n) is 9.30. The number of aryl methyl sites for hydroxylation is 1. The maximum absolute atomic E-state index is 11.6. The molecule has 1 aromatic heterocycles. The van der Waals surface area contributed by atoms with Crippen LogP contribution in [0.5, 0.6) is 0 Å². The van der Waals surface area contributed by atoms with Crippen molar-refractivity contribution in [1.82, 2.24) is 9.88 Å². The molecule has 5 heteroatoms. The highest BCUT2D eigenvalue weighted by molar-refractivity contribution is 5.82. The van der Waals surface area contributed by atoms with Crippen molar-refractivity contribution < 1.29 is 14.7 Å². The summed E-state index contributed by atoms with van der Waals surface area (Å²) in [5.74, 6) is -1.24. The molecule has 0 atom stereocenters. The first kappa shape index (κ1) is 12.2.